The van der Waals surface area contributed by atoms with Crippen LogP contribution in [0.1, 0.15) is 26.7 Å². The number of carbonyl (C=O) groups excluding carboxylic acids is 1. The molecule has 1 saturated heterocycles. The van der Waals surface area contributed by atoms with Gasteiger partial charge < -0.3 is 14.8 Å². The van der Waals surface area contributed by atoms with Gasteiger partial charge in [-0.1, -0.05) is 18.2 Å². The van der Waals surface area contributed by atoms with Crippen molar-refractivity contribution >= 4 is 32.5 Å². The molecule has 0 spiro atoms. The van der Waals surface area contributed by atoms with Gasteiger partial charge in [-0.15, -0.1) is 0 Å². The number of rotatable bonds is 8. The van der Waals surface area contributed by atoms with Gasteiger partial charge >= 0.3 is 0 Å². The molecule has 0 aliphatic carbocycles. The first-order valence-corrected chi connectivity index (χ1v) is 12.9. The number of ether oxygens (including phenoxy) is 2. The second-order valence-corrected chi connectivity index (χ2v) is 9.95. The van der Waals surface area contributed by atoms with Crippen LogP contribution in [0.2, 0.25) is 0 Å². The number of amides is 1. The maximum Gasteiger partial charge on any atom is 0.245 e. The lowest BCUT2D eigenvalue weighted by molar-refractivity contribution is -0.120. The zero-order valence-electron chi connectivity index (χ0n) is 19.4. The summed E-state index contributed by atoms with van der Waals surface area (Å²) in [6, 6.07) is 14.0. The molecule has 1 amide bonds. The van der Waals surface area contributed by atoms with Crippen molar-refractivity contribution in [3.63, 3.8) is 0 Å². The fourth-order valence-electron chi connectivity index (χ4n) is 4.18. The summed E-state index contributed by atoms with van der Waals surface area (Å²) < 4.78 is 39.6. The van der Waals surface area contributed by atoms with Crippen molar-refractivity contribution in [2.75, 3.05) is 31.6 Å². The Labute approximate surface area is 199 Å². The van der Waals surface area contributed by atoms with Gasteiger partial charge in [0.1, 0.15) is 16.4 Å². The number of nitrogens with one attached hydrogen (secondary N) is 1. The van der Waals surface area contributed by atoms with Gasteiger partial charge in [-0.05, 0) is 51.0 Å². The topological polar surface area (TPSA) is 97.8 Å². The van der Waals surface area contributed by atoms with Gasteiger partial charge in [-0.2, -0.15) is 4.31 Å². The van der Waals surface area contributed by atoms with E-state index in [9.17, 15) is 13.2 Å². The second kappa shape index (κ2) is 10.4. The van der Waals surface area contributed by atoms with Crippen molar-refractivity contribution in [2.45, 2.75) is 31.6 Å². The normalized spacial score (nSPS) is 16.8. The molecule has 3 aromatic rings. The number of pyridine rings is 1. The number of fused-ring (bicyclic) bond motifs is 1. The van der Waals surface area contributed by atoms with Gasteiger partial charge in [0.15, 0.2) is 0 Å². The average molecular weight is 484 g/mol. The summed E-state index contributed by atoms with van der Waals surface area (Å²) >= 11 is 0. The largest absolute Gasteiger partial charge is 0.494 e. The highest BCUT2D eigenvalue weighted by atomic mass is 32.2. The van der Waals surface area contributed by atoms with E-state index >= 15 is 0 Å². The number of aromatic nitrogens is 1. The molecule has 1 N–H and O–H groups in total. The first-order chi connectivity index (χ1) is 16.4. The molecule has 2 heterocycles. The molecule has 0 saturated carbocycles. The minimum atomic E-state index is -3.81. The summed E-state index contributed by atoms with van der Waals surface area (Å²) in [5, 5.41) is 3.68. The average Bonchev–Trinajstić information content (AvgIpc) is 2.85. The zero-order valence-corrected chi connectivity index (χ0v) is 20.2. The number of sulfonamides is 1. The van der Waals surface area contributed by atoms with Crippen molar-refractivity contribution in [3.05, 3.63) is 54.7 Å². The quantitative estimate of drug-likeness (QED) is 0.519. The van der Waals surface area contributed by atoms with Crippen LogP contribution in [0.3, 0.4) is 0 Å². The van der Waals surface area contributed by atoms with Crippen LogP contribution in [0.5, 0.6) is 11.5 Å². The molecule has 180 valence electrons. The summed E-state index contributed by atoms with van der Waals surface area (Å²) in [5.41, 5.74) is 0.946. The minimum Gasteiger partial charge on any atom is -0.494 e. The Bertz CT molecular complexity index is 1270. The van der Waals surface area contributed by atoms with E-state index in [-0.39, 0.29) is 17.3 Å². The van der Waals surface area contributed by atoms with Gasteiger partial charge in [0.25, 0.3) is 0 Å². The predicted octanol–water partition coefficient (Wildman–Crippen LogP) is 4.07. The maximum absolute atomic E-state index is 13.5. The van der Waals surface area contributed by atoms with Crippen LogP contribution in [-0.4, -0.2) is 49.9 Å². The highest BCUT2D eigenvalue weighted by Crippen LogP contribution is 2.32. The molecule has 1 aliphatic rings. The fourth-order valence-corrected chi connectivity index (χ4v) is 5.87. The van der Waals surface area contributed by atoms with Crippen molar-refractivity contribution in [1.82, 2.24) is 9.29 Å². The number of para-hydroxylation sites is 1. The number of hydrogen-bond donors (Lipinski definition) is 1. The smallest absolute Gasteiger partial charge is 0.245 e. The lowest BCUT2D eigenvalue weighted by Crippen LogP contribution is -2.43. The van der Waals surface area contributed by atoms with Crippen LogP contribution in [-0.2, 0) is 14.8 Å². The monoisotopic (exact) mass is 483 g/mol. The number of benzene rings is 2. The molecule has 4 rings (SSSR count). The van der Waals surface area contributed by atoms with Crippen LogP contribution in [0.15, 0.2) is 59.6 Å². The van der Waals surface area contributed by atoms with Crippen LogP contribution >= 0.6 is 0 Å². The number of carbonyl (C=O) groups is 1. The van der Waals surface area contributed by atoms with E-state index in [1.165, 1.54) is 4.31 Å². The lowest BCUT2D eigenvalue weighted by Gasteiger charge is -2.31. The summed E-state index contributed by atoms with van der Waals surface area (Å²) in [6.45, 7) is 5.17. The number of piperidine rings is 1. The van der Waals surface area contributed by atoms with Gasteiger partial charge in [-0.3, -0.25) is 9.78 Å². The van der Waals surface area contributed by atoms with Crippen LogP contribution in [0.25, 0.3) is 10.9 Å². The Morgan fingerprint density at radius 3 is 2.71 bits per heavy atom. The highest BCUT2D eigenvalue weighted by Gasteiger charge is 2.34. The molecule has 0 radical (unpaired) electrons. The van der Waals surface area contributed by atoms with E-state index in [2.05, 4.69) is 10.3 Å². The Balaban J connectivity index is 1.55. The van der Waals surface area contributed by atoms with Gasteiger partial charge in [0.05, 0.1) is 30.3 Å². The van der Waals surface area contributed by atoms with E-state index in [0.717, 1.165) is 5.39 Å². The molecule has 1 aliphatic heterocycles. The molecule has 1 fully saturated rings. The van der Waals surface area contributed by atoms with E-state index in [1.807, 2.05) is 26.0 Å². The van der Waals surface area contributed by atoms with Crippen molar-refractivity contribution in [3.8, 4) is 11.5 Å². The fraction of sp³-hybridized carbons (Fsp3) is 0.360. The van der Waals surface area contributed by atoms with E-state index in [4.69, 9.17) is 9.47 Å². The van der Waals surface area contributed by atoms with E-state index < -0.39 is 15.9 Å². The number of nitrogens with zero attached hydrogens (tertiary/aromatic N) is 2. The number of hydrogen-bond acceptors (Lipinski definition) is 6. The van der Waals surface area contributed by atoms with Gasteiger partial charge in [-0.25, -0.2) is 8.42 Å². The first-order valence-electron chi connectivity index (χ1n) is 11.5. The molecule has 0 bridgehead atoms. The third kappa shape index (κ3) is 5.00. The molecule has 8 nitrogen and oxygen atoms in total. The molecule has 1 aromatic heterocycles. The molecule has 9 heteroatoms. The third-order valence-corrected chi connectivity index (χ3v) is 7.68. The molecular formula is C25H29N3O5S. The van der Waals surface area contributed by atoms with Gasteiger partial charge in [0, 0.05) is 30.7 Å². The van der Waals surface area contributed by atoms with Crippen LogP contribution < -0.4 is 14.8 Å². The molecule has 2 aromatic carbocycles. The Kier molecular flexibility index (Phi) is 7.33. The second-order valence-electron chi connectivity index (χ2n) is 8.05. The third-order valence-electron chi connectivity index (χ3n) is 5.79. The Morgan fingerprint density at radius 1 is 1.12 bits per heavy atom. The van der Waals surface area contributed by atoms with E-state index in [0.29, 0.717) is 55.3 Å². The Hall–Kier alpha value is -3.17. The highest BCUT2D eigenvalue weighted by molar-refractivity contribution is 7.89. The first kappa shape index (κ1) is 24.0. The molecule has 34 heavy (non-hydrogen) atoms. The summed E-state index contributed by atoms with van der Waals surface area (Å²) in [4.78, 5) is 17.6. The molecule has 0 unspecified atom stereocenters. The van der Waals surface area contributed by atoms with Gasteiger partial charge in [0.2, 0.25) is 15.9 Å². The lowest BCUT2D eigenvalue weighted by atomic mass is 9.98. The minimum absolute atomic E-state index is 0.104. The summed E-state index contributed by atoms with van der Waals surface area (Å²) in [7, 11) is -3.81. The van der Waals surface area contributed by atoms with E-state index in [1.54, 1.807) is 42.6 Å². The summed E-state index contributed by atoms with van der Waals surface area (Å²) in [5.74, 6) is 0.432. The Morgan fingerprint density at radius 2 is 1.91 bits per heavy atom. The van der Waals surface area contributed by atoms with Crippen LogP contribution in [0.4, 0.5) is 5.69 Å². The van der Waals surface area contributed by atoms with Crippen molar-refractivity contribution in [1.29, 1.82) is 0 Å². The number of anilines is 1. The van der Waals surface area contributed by atoms with Crippen molar-refractivity contribution < 1.29 is 22.7 Å². The van der Waals surface area contributed by atoms with Crippen LogP contribution in [0, 0.1) is 5.92 Å². The zero-order chi connectivity index (χ0) is 24.1. The SMILES string of the molecule is CCOc1ccc(OCC)c(NC(=O)[C@@H]2CCCN(S(=O)(=O)c3cccc4cccnc34)C2)c1. The predicted molar refractivity (Wildman–Crippen MR) is 131 cm³/mol. The molecular weight excluding hydrogens is 454 g/mol. The maximum atomic E-state index is 13.5. The standard InChI is InChI=1S/C25H29N3O5S/c1-3-32-20-12-13-22(33-4-2)21(16-20)27-25(29)19-10-7-15-28(17-19)34(30,31)23-11-5-8-18-9-6-14-26-24(18)23/h5-6,8-9,11-14,16,19H,3-4,7,10,15,17H2,1-2H3,(H,27,29)/t19-/m1/s1. The molecule has 1 atom stereocenters. The summed E-state index contributed by atoms with van der Waals surface area (Å²) in [6.07, 6.45) is 2.77. The van der Waals surface area contributed by atoms with Crippen molar-refractivity contribution in [2.24, 2.45) is 5.92 Å².